The fourth-order valence-electron chi connectivity index (χ4n) is 0. The molecule has 4 heavy (non-hydrogen) atoms. The van der Waals surface area contributed by atoms with E-state index < -0.39 is 0 Å². The van der Waals surface area contributed by atoms with Gasteiger partial charge in [0.25, 0.3) is 0 Å². The monoisotopic (exact) mass is 107 g/mol. The van der Waals surface area contributed by atoms with Crippen molar-refractivity contribution in [3.8, 4) is 0 Å². The molecule has 0 saturated carbocycles. The van der Waals surface area contributed by atoms with Crippen LogP contribution in [-0.4, -0.2) is 29.6 Å². The predicted molar refractivity (Wildman–Crippen MR) is 24.5 cm³/mol. The van der Waals surface area contributed by atoms with Crippen LogP contribution in [0.1, 0.15) is 0 Å². The van der Waals surface area contributed by atoms with Crippen LogP contribution in [-0.2, 0) is 12.4 Å². The van der Waals surface area contributed by atoms with Gasteiger partial charge < -0.3 is 0 Å². The van der Waals surface area contributed by atoms with Crippen LogP contribution in [0.2, 0.25) is 0 Å². The summed E-state index contributed by atoms with van der Waals surface area (Å²) in [5.41, 5.74) is 0. The number of rotatable bonds is 0. The molecule has 0 aliphatic heterocycles. The van der Waals surface area contributed by atoms with E-state index in [0.29, 0.717) is 0 Å². The summed E-state index contributed by atoms with van der Waals surface area (Å²) in [5, 5.41) is 0. The Labute approximate surface area is 58.8 Å². The molecule has 1 N–H and O–H groups in total. The molecule has 0 fully saturated rings. The van der Waals surface area contributed by atoms with Crippen LogP contribution in [0.4, 0.5) is 0 Å². The summed E-state index contributed by atoms with van der Waals surface area (Å²) in [6.07, 6.45) is 0. The Morgan fingerprint density at radius 2 is 1.25 bits per heavy atom. The minimum atomic E-state index is 0. The Hall–Kier alpha value is 1.31. The Balaban J connectivity index is -0.00000000500. The molecule has 0 radical (unpaired) electrons. The van der Waals surface area contributed by atoms with Crippen LogP contribution in [0.5, 0.6) is 0 Å². The second-order valence-corrected chi connectivity index (χ2v) is 0. The van der Waals surface area contributed by atoms with Crippen molar-refractivity contribution >= 4 is 54.4 Å². The van der Waals surface area contributed by atoms with Crippen molar-refractivity contribution in [1.29, 1.82) is 4.78 Å². The van der Waals surface area contributed by atoms with Gasteiger partial charge in [-0.15, -0.1) is 12.4 Å². The average molecular weight is 108 g/mol. The van der Waals surface area contributed by atoms with E-state index in [4.69, 9.17) is 4.78 Å². The van der Waals surface area contributed by atoms with Gasteiger partial charge in [-0.3, -0.25) is 0 Å². The Morgan fingerprint density at radius 3 is 1.25 bits per heavy atom. The summed E-state index contributed by atoms with van der Waals surface area (Å²) in [6, 6.07) is 0. The molecule has 0 aliphatic rings. The third-order valence-corrected chi connectivity index (χ3v) is 0. The fraction of sp³-hybridized carbons (Fsp3) is 0. The summed E-state index contributed by atoms with van der Waals surface area (Å²) >= 11 is 3.33. The second kappa shape index (κ2) is 27.5. The first-order valence-electron chi connectivity index (χ1n) is 0.204. The van der Waals surface area contributed by atoms with Crippen molar-refractivity contribution in [2.75, 3.05) is 0 Å². The molecule has 22 valence electrons. The maximum absolute atomic E-state index is 5.33. The zero-order valence-electron chi connectivity index (χ0n) is 1.32. The van der Waals surface area contributed by atoms with E-state index in [2.05, 4.69) is 12.4 Å². The Morgan fingerprint density at radius 1 is 1.25 bits per heavy atom. The van der Waals surface area contributed by atoms with Gasteiger partial charge in [0.05, 0.1) is 0 Å². The van der Waals surface area contributed by atoms with Gasteiger partial charge in [-0.05, 0) is 0 Å². The molecular formula is H3ClNNaS. The minimum absolute atomic E-state index is 0. The van der Waals surface area contributed by atoms with Crippen LogP contribution < -0.4 is 0 Å². The van der Waals surface area contributed by atoms with Crippen LogP contribution in [0.25, 0.3) is 0 Å². The van der Waals surface area contributed by atoms with E-state index in [0.717, 1.165) is 0 Å². The van der Waals surface area contributed by atoms with Gasteiger partial charge in [0.15, 0.2) is 0 Å². The van der Waals surface area contributed by atoms with Crippen LogP contribution in [0, 0.1) is 4.78 Å². The van der Waals surface area contributed by atoms with Gasteiger partial charge in [0.2, 0.25) is 0 Å². The molecule has 0 bridgehead atoms. The molecule has 0 rings (SSSR count). The molecule has 0 aromatic heterocycles. The van der Waals surface area contributed by atoms with Crippen LogP contribution >= 0.6 is 12.4 Å². The zero-order valence-corrected chi connectivity index (χ0v) is 2.95. The molecule has 1 nitrogen and oxygen atoms in total. The summed E-state index contributed by atoms with van der Waals surface area (Å²) in [6.45, 7) is 0. The molecule has 0 saturated heterocycles. The van der Waals surface area contributed by atoms with Crippen molar-refractivity contribution in [2.45, 2.75) is 0 Å². The molecule has 0 spiro atoms. The second-order valence-electron chi connectivity index (χ2n) is 0. The zero-order chi connectivity index (χ0) is 2.00. The topological polar surface area (TPSA) is 23.9 Å². The van der Waals surface area contributed by atoms with E-state index >= 15 is 0 Å². The molecule has 0 aromatic rings. The molecular weight excluding hydrogens is 105 g/mol. The number of nitrogens with one attached hydrogen (secondary N) is 1. The maximum atomic E-state index is 5.33. The molecule has 0 atom stereocenters. The molecule has 0 aliphatic carbocycles. The first kappa shape index (κ1) is 18.5. The van der Waals surface area contributed by atoms with Crippen molar-refractivity contribution in [3.05, 3.63) is 0 Å². The summed E-state index contributed by atoms with van der Waals surface area (Å²) in [4.78, 5) is 0. The SMILES string of the molecule is Cl.N=S.[NaH]. The molecule has 4 heteroatoms. The standard InChI is InChI=1S/ClH.HNS.Na.H/c;1-2;;/h1H;1H;;. The first-order valence-corrected chi connectivity index (χ1v) is 0.612. The van der Waals surface area contributed by atoms with E-state index in [-0.39, 0.29) is 42.0 Å². The summed E-state index contributed by atoms with van der Waals surface area (Å²) in [5.74, 6) is 0. The van der Waals surface area contributed by atoms with Gasteiger partial charge >= 0.3 is 29.6 Å². The molecule has 0 amide bonds. The van der Waals surface area contributed by atoms with E-state index in [9.17, 15) is 0 Å². The number of hydrogen-bond donors (Lipinski definition) is 1. The van der Waals surface area contributed by atoms with E-state index in [1.807, 2.05) is 0 Å². The predicted octanol–water partition coefficient (Wildman–Crippen LogP) is 0.0690. The van der Waals surface area contributed by atoms with Gasteiger partial charge in [-0.25, -0.2) is 4.78 Å². The fourth-order valence-corrected chi connectivity index (χ4v) is 0. The summed E-state index contributed by atoms with van der Waals surface area (Å²) in [7, 11) is 0. The number of hydrogen-bond acceptors (Lipinski definition) is 2. The quantitative estimate of drug-likeness (QED) is 0.435. The van der Waals surface area contributed by atoms with Gasteiger partial charge in [0, 0.05) is 12.4 Å². The molecule has 0 unspecified atom stereocenters. The van der Waals surface area contributed by atoms with Gasteiger partial charge in [-0.1, -0.05) is 0 Å². The average Bonchev–Trinajstić information content (AvgIpc) is 1.00. The first-order chi connectivity index (χ1) is 1.00. The van der Waals surface area contributed by atoms with Crippen molar-refractivity contribution in [2.24, 2.45) is 0 Å². The molecule has 0 heterocycles. The van der Waals surface area contributed by atoms with Crippen molar-refractivity contribution in [3.63, 3.8) is 0 Å². The Kier molecular flexibility index (Phi) is 127. The summed E-state index contributed by atoms with van der Waals surface area (Å²) < 4.78 is 5.33. The van der Waals surface area contributed by atoms with Gasteiger partial charge in [0.1, 0.15) is 0 Å². The number of halogens is 1. The van der Waals surface area contributed by atoms with Crippen molar-refractivity contribution in [1.82, 2.24) is 0 Å². The third-order valence-electron chi connectivity index (χ3n) is 0. The van der Waals surface area contributed by atoms with Crippen LogP contribution in [0.3, 0.4) is 0 Å². The third kappa shape index (κ3) is 10.3. The molecule has 0 aromatic carbocycles. The van der Waals surface area contributed by atoms with Crippen molar-refractivity contribution < 1.29 is 0 Å². The van der Waals surface area contributed by atoms with Crippen LogP contribution in [0.15, 0.2) is 0 Å². The van der Waals surface area contributed by atoms with E-state index in [1.165, 1.54) is 0 Å². The normalized spacial score (nSPS) is 1.00. The Bertz CT molecular complexity index is 8.00. The van der Waals surface area contributed by atoms with E-state index in [1.54, 1.807) is 0 Å². The van der Waals surface area contributed by atoms with Gasteiger partial charge in [-0.2, -0.15) is 0 Å².